The molecular formula is C9H17N3OS. The Bertz CT molecular complexity index is 225. The first-order valence-corrected chi connectivity index (χ1v) is 5.70. The quantitative estimate of drug-likeness (QED) is 0.405. The summed E-state index contributed by atoms with van der Waals surface area (Å²) >= 11 is 1.48. The van der Waals surface area contributed by atoms with Crippen molar-refractivity contribution in [3.8, 4) is 6.19 Å². The molecule has 0 aliphatic carbocycles. The average Bonchev–Trinajstić information content (AvgIpc) is 2.18. The Hall–Kier alpha value is -0.730. The smallest absolute Gasteiger partial charge is 0.208 e. The fourth-order valence-corrected chi connectivity index (χ4v) is 1.91. The van der Waals surface area contributed by atoms with Crippen LogP contribution in [0, 0.1) is 11.5 Å². The number of rotatable bonds is 4. The highest BCUT2D eigenvalue weighted by molar-refractivity contribution is 8.13. The van der Waals surface area contributed by atoms with Crippen LogP contribution in [0.4, 0.5) is 0 Å². The number of amidine groups is 1. The number of methoxy groups -OCH3 is 1. The highest BCUT2D eigenvalue weighted by Gasteiger charge is 2.15. The van der Waals surface area contributed by atoms with Crippen molar-refractivity contribution in [2.24, 2.45) is 4.99 Å². The lowest BCUT2D eigenvalue weighted by Crippen LogP contribution is -2.39. The van der Waals surface area contributed by atoms with Gasteiger partial charge in [0.25, 0.3) is 0 Å². The van der Waals surface area contributed by atoms with Crippen molar-refractivity contribution < 1.29 is 4.74 Å². The summed E-state index contributed by atoms with van der Waals surface area (Å²) < 4.78 is 5.07. The molecule has 0 heterocycles. The highest BCUT2D eigenvalue weighted by Crippen LogP contribution is 2.09. The van der Waals surface area contributed by atoms with E-state index in [9.17, 15) is 0 Å². The van der Waals surface area contributed by atoms with Gasteiger partial charge in [0.15, 0.2) is 5.17 Å². The van der Waals surface area contributed by atoms with E-state index in [2.05, 4.69) is 16.8 Å². The Morgan fingerprint density at radius 3 is 2.71 bits per heavy atom. The predicted molar refractivity (Wildman–Crippen MR) is 60.3 cm³/mol. The third kappa shape index (κ3) is 3.99. The van der Waals surface area contributed by atoms with E-state index in [1.165, 1.54) is 11.8 Å². The fourth-order valence-electron chi connectivity index (χ4n) is 1.24. The minimum Gasteiger partial charge on any atom is -0.383 e. The molecule has 0 saturated carbocycles. The van der Waals surface area contributed by atoms with Crippen LogP contribution < -0.4 is 0 Å². The first-order valence-electron chi connectivity index (χ1n) is 4.47. The number of nitriles is 1. The molecule has 0 fully saturated rings. The Morgan fingerprint density at radius 1 is 1.71 bits per heavy atom. The first-order chi connectivity index (χ1) is 6.71. The second-order valence-electron chi connectivity index (χ2n) is 2.79. The Balaban J connectivity index is 4.52. The topological polar surface area (TPSA) is 48.6 Å². The van der Waals surface area contributed by atoms with Gasteiger partial charge in [0.2, 0.25) is 6.19 Å². The molecule has 80 valence electrons. The third-order valence-corrected chi connectivity index (χ3v) is 2.55. The summed E-state index contributed by atoms with van der Waals surface area (Å²) in [5.41, 5.74) is 0. The van der Waals surface area contributed by atoms with Gasteiger partial charge in [0.05, 0.1) is 12.6 Å². The molecule has 0 aromatic rings. The standard InChI is InChI=1S/C9H17N3OS/c1-5-12(8(2)6-13-3)9(14-4)11-7-10/h8H,5-6H2,1-4H3. The summed E-state index contributed by atoms with van der Waals surface area (Å²) in [5, 5.41) is 9.26. The zero-order valence-corrected chi connectivity index (χ0v) is 9.97. The number of likely N-dealkylation sites (N-methyl/N-ethyl adjacent to an activating group) is 1. The third-order valence-electron chi connectivity index (χ3n) is 1.85. The number of hydrogen-bond acceptors (Lipinski definition) is 4. The summed E-state index contributed by atoms with van der Waals surface area (Å²) in [7, 11) is 1.67. The van der Waals surface area contributed by atoms with E-state index in [1.54, 1.807) is 7.11 Å². The zero-order valence-electron chi connectivity index (χ0n) is 9.15. The first kappa shape index (κ1) is 13.3. The molecule has 0 saturated heterocycles. The Labute approximate surface area is 89.9 Å². The van der Waals surface area contributed by atoms with Crippen LogP contribution in [0.5, 0.6) is 0 Å². The molecule has 4 nitrogen and oxygen atoms in total. The van der Waals surface area contributed by atoms with Gasteiger partial charge in [-0.25, -0.2) is 0 Å². The molecule has 1 atom stereocenters. The van der Waals surface area contributed by atoms with Crippen molar-refractivity contribution in [1.29, 1.82) is 5.26 Å². The van der Waals surface area contributed by atoms with E-state index in [4.69, 9.17) is 10.00 Å². The van der Waals surface area contributed by atoms with Crippen molar-refractivity contribution in [3.63, 3.8) is 0 Å². The summed E-state index contributed by atoms with van der Waals surface area (Å²) in [6.45, 7) is 5.55. The van der Waals surface area contributed by atoms with E-state index in [1.807, 2.05) is 19.4 Å². The number of nitrogens with zero attached hydrogens (tertiary/aromatic N) is 3. The molecule has 0 aliphatic rings. The summed E-state index contributed by atoms with van der Waals surface area (Å²) in [6.07, 6.45) is 3.73. The molecule has 0 aromatic carbocycles. The molecule has 0 spiro atoms. The van der Waals surface area contributed by atoms with Crippen LogP contribution in [0.1, 0.15) is 13.8 Å². The second kappa shape index (κ2) is 7.65. The molecule has 0 aromatic heterocycles. The zero-order chi connectivity index (χ0) is 11.0. The van der Waals surface area contributed by atoms with Gasteiger partial charge in [-0.3, -0.25) is 0 Å². The molecular weight excluding hydrogens is 198 g/mol. The number of hydrogen-bond donors (Lipinski definition) is 0. The van der Waals surface area contributed by atoms with Crippen molar-refractivity contribution in [3.05, 3.63) is 0 Å². The lowest BCUT2D eigenvalue weighted by Gasteiger charge is -2.28. The normalized spacial score (nSPS) is 13.5. The van der Waals surface area contributed by atoms with Crippen molar-refractivity contribution in [2.45, 2.75) is 19.9 Å². The van der Waals surface area contributed by atoms with Crippen LogP contribution in [0.25, 0.3) is 0 Å². The van der Waals surface area contributed by atoms with Gasteiger partial charge >= 0.3 is 0 Å². The Kier molecular flexibility index (Phi) is 7.25. The van der Waals surface area contributed by atoms with E-state index in [0.717, 1.165) is 11.7 Å². The van der Waals surface area contributed by atoms with E-state index < -0.39 is 0 Å². The molecule has 0 amide bonds. The number of aliphatic imine (C=N–C) groups is 1. The molecule has 0 aliphatic heterocycles. The van der Waals surface area contributed by atoms with Crippen LogP contribution in [-0.2, 0) is 4.74 Å². The molecule has 0 bridgehead atoms. The van der Waals surface area contributed by atoms with Crippen molar-refractivity contribution in [2.75, 3.05) is 26.5 Å². The second-order valence-corrected chi connectivity index (χ2v) is 3.56. The van der Waals surface area contributed by atoms with Gasteiger partial charge in [-0.2, -0.15) is 5.26 Å². The summed E-state index contributed by atoms with van der Waals surface area (Å²) in [5.74, 6) is 0. The maximum absolute atomic E-state index is 8.52. The SMILES string of the molecule is CCN(C(=NC#N)SC)C(C)COC. The monoisotopic (exact) mass is 215 g/mol. The maximum atomic E-state index is 8.52. The largest absolute Gasteiger partial charge is 0.383 e. The summed E-state index contributed by atoms with van der Waals surface area (Å²) in [6, 6.07) is 0.240. The van der Waals surface area contributed by atoms with Gasteiger partial charge in [-0.1, -0.05) is 11.8 Å². The molecule has 0 N–H and O–H groups in total. The van der Waals surface area contributed by atoms with Crippen LogP contribution in [0.15, 0.2) is 4.99 Å². The lowest BCUT2D eigenvalue weighted by atomic mass is 10.3. The van der Waals surface area contributed by atoms with E-state index >= 15 is 0 Å². The summed E-state index contributed by atoms with van der Waals surface area (Å²) in [4.78, 5) is 5.83. The average molecular weight is 215 g/mol. The lowest BCUT2D eigenvalue weighted by molar-refractivity contribution is 0.139. The fraction of sp³-hybridized carbons (Fsp3) is 0.778. The molecule has 0 rings (SSSR count). The van der Waals surface area contributed by atoms with E-state index in [0.29, 0.717) is 6.61 Å². The molecule has 1 unspecified atom stereocenters. The van der Waals surface area contributed by atoms with E-state index in [-0.39, 0.29) is 6.04 Å². The van der Waals surface area contributed by atoms with Crippen LogP contribution in [-0.4, -0.2) is 42.6 Å². The maximum Gasteiger partial charge on any atom is 0.208 e. The molecule has 14 heavy (non-hydrogen) atoms. The Morgan fingerprint density at radius 2 is 2.36 bits per heavy atom. The van der Waals surface area contributed by atoms with Gasteiger partial charge < -0.3 is 9.64 Å². The van der Waals surface area contributed by atoms with Crippen molar-refractivity contribution in [1.82, 2.24) is 4.90 Å². The van der Waals surface area contributed by atoms with Gasteiger partial charge in [0.1, 0.15) is 0 Å². The number of ether oxygens (including phenoxy) is 1. The minimum absolute atomic E-state index is 0.240. The van der Waals surface area contributed by atoms with Gasteiger partial charge in [-0.15, -0.1) is 4.99 Å². The van der Waals surface area contributed by atoms with Crippen molar-refractivity contribution >= 4 is 16.9 Å². The highest BCUT2D eigenvalue weighted by atomic mass is 32.2. The van der Waals surface area contributed by atoms with Gasteiger partial charge in [0, 0.05) is 13.7 Å². The van der Waals surface area contributed by atoms with Crippen LogP contribution in [0.3, 0.4) is 0 Å². The molecule has 5 heteroatoms. The van der Waals surface area contributed by atoms with Gasteiger partial charge in [-0.05, 0) is 20.1 Å². The molecule has 0 radical (unpaired) electrons. The van der Waals surface area contributed by atoms with Crippen LogP contribution >= 0.6 is 11.8 Å². The number of thioether (sulfide) groups is 1. The minimum atomic E-state index is 0.240. The van der Waals surface area contributed by atoms with Crippen LogP contribution in [0.2, 0.25) is 0 Å². The predicted octanol–water partition coefficient (Wildman–Crippen LogP) is 1.54.